The third-order valence-corrected chi connectivity index (χ3v) is 10.8. The third-order valence-electron chi connectivity index (χ3n) is 10.8. The summed E-state index contributed by atoms with van der Waals surface area (Å²) in [4.78, 5) is 47.6. The average Bonchev–Trinajstić information content (AvgIpc) is 3.79. The van der Waals surface area contributed by atoms with Crippen molar-refractivity contribution >= 4 is 23.4 Å². The molecule has 0 unspecified atom stereocenters. The molecule has 0 spiro atoms. The van der Waals surface area contributed by atoms with E-state index in [9.17, 15) is 19.5 Å². The van der Waals surface area contributed by atoms with Crippen molar-refractivity contribution in [3.8, 4) is 0 Å². The van der Waals surface area contributed by atoms with E-state index >= 15 is 0 Å². The Bertz CT molecular complexity index is 1730. The van der Waals surface area contributed by atoms with E-state index < -0.39 is 28.7 Å². The van der Waals surface area contributed by atoms with Gasteiger partial charge in [0.05, 0.1) is 13.2 Å². The van der Waals surface area contributed by atoms with Gasteiger partial charge < -0.3 is 25.6 Å². The fourth-order valence-corrected chi connectivity index (χ4v) is 8.11. The number of hydrogen-bond acceptors (Lipinski definition) is 9. The minimum absolute atomic E-state index is 0.00393. The molecule has 1 aromatic carbocycles. The Morgan fingerprint density at radius 1 is 1.22 bits per heavy atom. The van der Waals surface area contributed by atoms with Crippen LogP contribution in [0.3, 0.4) is 0 Å². The van der Waals surface area contributed by atoms with Crippen LogP contribution in [0.15, 0.2) is 71.5 Å². The molecule has 9 nitrogen and oxygen atoms in total. The van der Waals surface area contributed by atoms with E-state index in [0.29, 0.717) is 36.6 Å². The van der Waals surface area contributed by atoms with Gasteiger partial charge in [-0.15, -0.1) is 0 Å². The van der Waals surface area contributed by atoms with E-state index in [4.69, 9.17) is 15.2 Å². The van der Waals surface area contributed by atoms with Crippen LogP contribution in [0, 0.1) is 17.8 Å². The minimum Gasteiger partial charge on any atom is -0.463 e. The first-order chi connectivity index (χ1) is 23.5. The number of carbonyl (C=O) groups excluding carboxylic acids is 3. The molecule has 3 aliphatic carbocycles. The summed E-state index contributed by atoms with van der Waals surface area (Å²) in [7, 11) is 0. The fraction of sp³-hybridized carbons (Fsp3) is 0.500. The number of pyridine rings is 1. The van der Waals surface area contributed by atoms with Gasteiger partial charge in [-0.1, -0.05) is 62.8 Å². The first kappa shape index (κ1) is 34.9. The number of aliphatic hydroxyl groups excluding tert-OH is 1. The molecule has 4 N–H and O–H groups in total. The van der Waals surface area contributed by atoms with Crippen molar-refractivity contribution in [3.63, 3.8) is 0 Å². The number of rotatable bonds is 13. The number of nitrogens with zero attached hydrogens (tertiary/aromatic N) is 1. The summed E-state index contributed by atoms with van der Waals surface area (Å²) >= 11 is 0. The molecule has 0 amide bonds. The number of ether oxygens (including phenoxy) is 2. The van der Waals surface area contributed by atoms with Crippen LogP contribution in [0.2, 0.25) is 0 Å². The number of ketones is 2. The highest BCUT2D eigenvalue weighted by Crippen LogP contribution is 2.60. The molecule has 49 heavy (non-hydrogen) atoms. The summed E-state index contributed by atoms with van der Waals surface area (Å²) in [6, 6.07) is 8.97. The number of carbonyl (C=O) groups is 3. The quantitative estimate of drug-likeness (QED) is 0.109. The Balaban J connectivity index is 1.32. The van der Waals surface area contributed by atoms with Crippen molar-refractivity contribution in [2.45, 2.75) is 89.9 Å². The molecule has 0 saturated carbocycles. The molecule has 2 heterocycles. The monoisotopic (exact) mass is 667 g/mol. The molecule has 0 radical (unpaired) electrons. The standard InChI is InChI=1S/C40H49N3O6/c1-5-42-33-20-28-10-7-6-9-27(28)19-30(33)23-48-38(47)40-37(46)35-29(17-24(2)3)11-8-12-32(35)36(45)39(40,49-40)21-31(22-44)25(4)13-14-26-15-16-43-34(41)18-26/h7-8,10-12,15-16,18,20,24,27,30,33,42,44H,5-6,9,13-14,17,19,21-23H2,1-4H3,(H2,41,43)/b31-25-/t27-,30-,33+,39-,40-/m0/s1. The largest absolute Gasteiger partial charge is 0.463 e. The van der Waals surface area contributed by atoms with Crippen LogP contribution >= 0.6 is 0 Å². The topological polar surface area (TPSA) is 144 Å². The molecular weight excluding hydrogens is 618 g/mol. The number of aliphatic hydroxyl groups is 1. The summed E-state index contributed by atoms with van der Waals surface area (Å²) in [6.07, 6.45) is 12.9. The van der Waals surface area contributed by atoms with Crippen molar-refractivity contribution < 1.29 is 29.0 Å². The summed E-state index contributed by atoms with van der Waals surface area (Å²) < 4.78 is 12.3. The number of hydrogen-bond donors (Lipinski definition) is 3. The van der Waals surface area contributed by atoms with Crippen LogP contribution in [0.1, 0.15) is 91.6 Å². The van der Waals surface area contributed by atoms with Crippen molar-refractivity contribution in [1.29, 1.82) is 0 Å². The lowest BCUT2D eigenvalue weighted by Gasteiger charge is -2.36. The van der Waals surface area contributed by atoms with Crippen molar-refractivity contribution in [3.05, 3.63) is 93.7 Å². The second-order valence-electron chi connectivity index (χ2n) is 14.5. The molecule has 1 aliphatic heterocycles. The number of benzene rings is 1. The maximum Gasteiger partial charge on any atom is 0.350 e. The molecule has 1 saturated heterocycles. The number of allylic oxidation sites excluding steroid dienone is 4. The SMILES string of the molecule is CCN[C@@H]1C=C2C=CCC[C@H]2C[C@H]1COC(=O)[C@]12O[C@@]1(C/C(CO)=C(\C)CCc1ccnc(N)c1)C(=O)c1cccc(CC(C)C)c1C2=O. The smallest absolute Gasteiger partial charge is 0.350 e. The second-order valence-corrected chi connectivity index (χ2v) is 14.5. The number of nitrogens with one attached hydrogen (secondary N) is 1. The van der Waals surface area contributed by atoms with Gasteiger partial charge in [0.15, 0.2) is 11.4 Å². The molecule has 1 fully saturated rings. The number of likely N-dealkylation sites (N-methyl/N-ethyl adjacent to an activating group) is 1. The number of anilines is 1. The predicted molar refractivity (Wildman–Crippen MR) is 188 cm³/mol. The number of nitrogen functional groups attached to an aromatic ring is 1. The number of aromatic nitrogens is 1. The highest BCUT2D eigenvalue weighted by molar-refractivity contribution is 6.33. The van der Waals surface area contributed by atoms with Gasteiger partial charge in [-0.25, -0.2) is 9.78 Å². The van der Waals surface area contributed by atoms with Crippen molar-refractivity contribution in [2.24, 2.45) is 17.8 Å². The summed E-state index contributed by atoms with van der Waals surface area (Å²) in [6.45, 7) is 8.55. The highest BCUT2D eigenvalue weighted by atomic mass is 16.7. The van der Waals surface area contributed by atoms with Gasteiger partial charge in [0.2, 0.25) is 5.78 Å². The van der Waals surface area contributed by atoms with Crippen molar-refractivity contribution in [1.82, 2.24) is 10.3 Å². The van der Waals surface area contributed by atoms with Gasteiger partial charge in [0.25, 0.3) is 5.60 Å². The highest BCUT2D eigenvalue weighted by Gasteiger charge is 2.85. The number of esters is 1. The summed E-state index contributed by atoms with van der Waals surface area (Å²) in [5, 5.41) is 14.1. The molecule has 9 heteroatoms. The number of fused-ring (bicyclic) bond motifs is 3. The number of aryl methyl sites for hydroxylation is 1. The Morgan fingerprint density at radius 2 is 2.04 bits per heavy atom. The van der Waals surface area contributed by atoms with Crippen molar-refractivity contribution in [2.75, 3.05) is 25.5 Å². The second kappa shape index (κ2) is 14.1. The minimum atomic E-state index is -2.11. The molecule has 4 aliphatic rings. The van der Waals surface area contributed by atoms with E-state index in [1.807, 2.05) is 32.9 Å². The van der Waals surface area contributed by atoms with Crippen LogP contribution in [-0.4, -0.2) is 64.6 Å². The van der Waals surface area contributed by atoms with E-state index in [1.54, 1.807) is 24.4 Å². The molecule has 260 valence electrons. The fourth-order valence-electron chi connectivity index (χ4n) is 8.11. The predicted octanol–water partition coefficient (Wildman–Crippen LogP) is 5.51. The van der Waals surface area contributed by atoms with Gasteiger partial charge in [-0.05, 0) is 98.2 Å². The lowest BCUT2D eigenvalue weighted by atomic mass is 9.69. The average molecular weight is 668 g/mol. The maximum atomic E-state index is 14.7. The van der Waals surface area contributed by atoms with Crippen LogP contribution in [0.4, 0.5) is 5.82 Å². The first-order valence-electron chi connectivity index (χ1n) is 17.7. The van der Waals surface area contributed by atoms with Crippen LogP contribution in [-0.2, 0) is 27.1 Å². The Kier molecular flexibility index (Phi) is 10.1. The summed E-state index contributed by atoms with van der Waals surface area (Å²) in [5.74, 6) is -0.740. The van der Waals surface area contributed by atoms with E-state index in [1.165, 1.54) is 5.57 Å². The van der Waals surface area contributed by atoms with Gasteiger partial charge in [0.1, 0.15) is 5.82 Å². The van der Waals surface area contributed by atoms with Crippen LogP contribution in [0.5, 0.6) is 0 Å². The van der Waals surface area contributed by atoms with Crippen LogP contribution < -0.4 is 11.1 Å². The molecule has 6 rings (SSSR count). The van der Waals surface area contributed by atoms with Gasteiger partial charge in [0, 0.05) is 35.7 Å². The maximum absolute atomic E-state index is 14.7. The first-order valence-corrected chi connectivity index (χ1v) is 17.7. The Hall–Kier alpha value is -3.92. The van der Waals surface area contributed by atoms with Crippen LogP contribution in [0.25, 0.3) is 0 Å². The zero-order valence-electron chi connectivity index (χ0n) is 29.1. The zero-order chi connectivity index (χ0) is 34.9. The zero-order valence-corrected chi connectivity index (χ0v) is 29.1. The third kappa shape index (κ3) is 6.44. The Labute approximate surface area is 289 Å². The van der Waals surface area contributed by atoms with E-state index in [0.717, 1.165) is 42.5 Å². The number of nitrogens with two attached hydrogens (primary N) is 1. The molecule has 0 bridgehead atoms. The van der Waals surface area contributed by atoms with E-state index in [-0.39, 0.29) is 48.6 Å². The normalized spacial score (nSPS) is 27.6. The molecule has 5 atom stereocenters. The molecular formula is C40H49N3O6. The lowest BCUT2D eigenvalue weighted by molar-refractivity contribution is -0.150. The summed E-state index contributed by atoms with van der Waals surface area (Å²) in [5.41, 5.74) is 6.90. The lowest BCUT2D eigenvalue weighted by Crippen LogP contribution is -2.52. The van der Waals surface area contributed by atoms with E-state index in [2.05, 4.69) is 35.5 Å². The number of Topliss-reactive ketones (excluding diaryl/α,β-unsaturated/α-hetero) is 2. The number of epoxide rings is 1. The van der Waals surface area contributed by atoms with Gasteiger partial charge in [-0.3, -0.25) is 9.59 Å². The Morgan fingerprint density at radius 3 is 2.78 bits per heavy atom. The molecule has 1 aromatic heterocycles. The molecule has 2 aromatic rings. The van der Waals surface area contributed by atoms with Gasteiger partial charge in [-0.2, -0.15) is 0 Å². The van der Waals surface area contributed by atoms with Gasteiger partial charge >= 0.3 is 5.97 Å².